The fourth-order valence-corrected chi connectivity index (χ4v) is 2.97. The van der Waals surface area contributed by atoms with Crippen LogP contribution >= 0.6 is 0 Å². The Kier molecular flexibility index (Phi) is 4.28. The zero-order valence-electron chi connectivity index (χ0n) is 14.1. The molecule has 0 saturated carbocycles. The zero-order chi connectivity index (χ0) is 19.2. The lowest BCUT2D eigenvalue weighted by Gasteiger charge is -2.17. The Labute approximate surface area is 147 Å². The van der Waals surface area contributed by atoms with Crippen molar-refractivity contribution in [2.75, 3.05) is 5.73 Å². The third kappa shape index (κ3) is 3.06. The topological polar surface area (TPSA) is 68.2 Å². The van der Waals surface area contributed by atoms with Crippen LogP contribution in [0.1, 0.15) is 29.7 Å². The molecular formula is C19H17F3N2O2. The average molecular weight is 362 g/mol. The molecular weight excluding hydrogens is 345 g/mol. The Balaban J connectivity index is 2.37. The molecule has 4 nitrogen and oxygen atoms in total. The molecule has 0 bridgehead atoms. The number of nitrogen functional groups attached to an aromatic ring is 1. The maximum absolute atomic E-state index is 13.1. The van der Waals surface area contributed by atoms with Gasteiger partial charge in [0.2, 0.25) is 0 Å². The smallest absolute Gasteiger partial charge is 0.398 e. The number of aliphatic hydroxyl groups excluding tert-OH is 1. The van der Waals surface area contributed by atoms with Crippen molar-refractivity contribution in [1.29, 1.82) is 0 Å². The first-order valence-electron chi connectivity index (χ1n) is 7.91. The molecule has 7 heteroatoms. The number of aryl methyl sites for hydroxylation is 1. The Morgan fingerprint density at radius 2 is 1.81 bits per heavy atom. The molecule has 0 amide bonds. The number of rotatable bonds is 2. The van der Waals surface area contributed by atoms with Crippen molar-refractivity contribution in [1.82, 2.24) is 4.57 Å². The quantitative estimate of drug-likeness (QED) is 0.725. The normalized spacial score (nSPS) is 13.2. The van der Waals surface area contributed by atoms with Gasteiger partial charge >= 0.3 is 6.18 Å². The van der Waals surface area contributed by atoms with Crippen LogP contribution in [-0.2, 0) is 6.18 Å². The average Bonchev–Trinajstić information content (AvgIpc) is 2.54. The number of fused-ring (bicyclic) bond motifs is 1. The summed E-state index contributed by atoms with van der Waals surface area (Å²) >= 11 is 0. The number of hydrogen-bond acceptors (Lipinski definition) is 3. The summed E-state index contributed by atoms with van der Waals surface area (Å²) in [6.07, 6.45) is -5.23. The second-order valence-electron chi connectivity index (χ2n) is 6.22. The number of nitrogens with two attached hydrogens (primary N) is 1. The highest BCUT2D eigenvalue weighted by molar-refractivity contribution is 5.92. The second kappa shape index (κ2) is 6.17. The van der Waals surface area contributed by atoms with Gasteiger partial charge in [-0.05, 0) is 43.2 Å². The summed E-state index contributed by atoms with van der Waals surface area (Å²) in [4.78, 5) is 12.5. The molecule has 3 rings (SSSR count). The summed E-state index contributed by atoms with van der Waals surface area (Å²) in [5.41, 5.74) is 6.38. The van der Waals surface area contributed by atoms with Crippen molar-refractivity contribution in [2.45, 2.75) is 26.1 Å². The molecule has 26 heavy (non-hydrogen) atoms. The lowest BCUT2D eigenvalue weighted by molar-refractivity contribution is -0.137. The summed E-state index contributed by atoms with van der Waals surface area (Å²) in [6, 6.07) is 9.26. The molecule has 1 heterocycles. The van der Waals surface area contributed by atoms with Gasteiger partial charge in [0.15, 0.2) is 0 Å². The first-order valence-corrected chi connectivity index (χ1v) is 7.91. The van der Waals surface area contributed by atoms with Crippen molar-refractivity contribution < 1.29 is 18.3 Å². The van der Waals surface area contributed by atoms with Gasteiger partial charge in [0.1, 0.15) is 0 Å². The van der Waals surface area contributed by atoms with Crippen LogP contribution in [0, 0.1) is 6.92 Å². The van der Waals surface area contributed by atoms with E-state index in [1.807, 2.05) is 0 Å². The monoisotopic (exact) mass is 362 g/mol. The Hall–Kier alpha value is -2.80. The van der Waals surface area contributed by atoms with Gasteiger partial charge in [0, 0.05) is 17.1 Å². The number of aromatic nitrogens is 1. The second-order valence-corrected chi connectivity index (χ2v) is 6.22. The van der Waals surface area contributed by atoms with Crippen LogP contribution in [0.2, 0.25) is 0 Å². The van der Waals surface area contributed by atoms with E-state index in [-0.39, 0.29) is 11.2 Å². The fraction of sp³-hybridized carbons (Fsp3) is 0.211. The zero-order valence-corrected chi connectivity index (χ0v) is 14.1. The summed E-state index contributed by atoms with van der Waals surface area (Å²) in [6.45, 7) is 3.33. The molecule has 1 unspecified atom stereocenters. The number of alkyl halides is 3. The number of benzene rings is 2. The predicted molar refractivity (Wildman–Crippen MR) is 94.3 cm³/mol. The Morgan fingerprint density at radius 3 is 2.38 bits per heavy atom. The van der Waals surface area contributed by atoms with Gasteiger partial charge in [-0.3, -0.25) is 9.36 Å². The van der Waals surface area contributed by atoms with Gasteiger partial charge in [-0.2, -0.15) is 13.2 Å². The van der Waals surface area contributed by atoms with E-state index < -0.39 is 23.4 Å². The molecule has 0 radical (unpaired) electrons. The van der Waals surface area contributed by atoms with E-state index in [4.69, 9.17) is 5.73 Å². The van der Waals surface area contributed by atoms with Crippen LogP contribution < -0.4 is 11.3 Å². The number of aliphatic hydroxyl groups is 1. The van der Waals surface area contributed by atoms with E-state index in [1.165, 1.54) is 16.7 Å². The van der Waals surface area contributed by atoms with E-state index in [9.17, 15) is 23.1 Å². The minimum absolute atomic E-state index is 0.0812. The fourth-order valence-electron chi connectivity index (χ4n) is 2.97. The predicted octanol–water partition coefficient (Wildman–Crippen LogP) is 3.95. The molecule has 3 N–H and O–H groups in total. The van der Waals surface area contributed by atoms with Crippen molar-refractivity contribution in [2.24, 2.45) is 0 Å². The van der Waals surface area contributed by atoms with Gasteiger partial charge in [-0.25, -0.2) is 0 Å². The number of pyridine rings is 1. The summed E-state index contributed by atoms with van der Waals surface area (Å²) in [5, 5.41) is 10.0. The van der Waals surface area contributed by atoms with Crippen LogP contribution in [0.15, 0.2) is 47.3 Å². The molecule has 0 aliphatic carbocycles. The van der Waals surface area contributed by atoms with Gasteiger partial charge in [-0.15, -0.1) is 0 Å². The van der Waals surface area contributed by atoms with E-state index >= 15 is 0 Å². The van der Waals surface area contributed by atoms with Gasteiger partial charge < -0.3 is 10.8 Å². The van der Waals surface area contributed by atoms with Crippen LogP contribution in [0.4, 0.5) is 18.9 Å². The van der Waals surface area contributed by atoms with Crippen molar-refractivity contribution >= 4 is 16.6 Å². The van der Waals surface area contributed by atoms with E-state index in [0.29, 0.717) is 22.2 Å². The number of hydrogen-bond donors (Lipinski definition) is 2. The molecule has 3 aromatic rings. The highest BCUT2D eigenvalue weighted by atomic mass is 19.4. The van der Waals surface area contributed by atoms with E-state index in [1.54, 1.807) is 32.0 Å². The molecule has 0 spiro atoms. The first-order chi connectivity index (χ1) is 12.1. The van der Waals surface area contributed by atoms with Crippen LogP contribution in [0.3, 0.4) is 0 Å². The Morgan fingerprint density at radius 1 is 1.12 bits per heavy atom. The molecule has 0 fully saturated rings. The number of anilines is 1. The van der Waals surface area contributed by atoms with Crippen LogP contribution in [0.25, 0.3) is 16.6 Å². The van der Waals surface area contributed by atoms with Crippen LogP contribution in [0.5, 0.6) is 0 Å². The van der Waals surface area contributed by atoms with E-state index in [0.717, 1.165) is 12.1 Å². The third-order valence-electron chi connectivity index (χ3n) is 4.32. The lowest BCUT2D eigenvalue weighted by atomic mass is 10.0. The molecule has 0 saturated heterocycles. The number of halogens is 3. The molecule has 1 aromatic heterocycles. The summed E-state index contributed by atoms with van der Waals surface area (Å²) < 4.78 is 40.6. The third-order valence-corrected chi connectivity index (χ3v) is 4.32. The molecule has 0 aliphatic rings. The first kappa shape index (κ1) is 18.0. The SMILES string of the molecule is Cc1cc(C(C)O)ccc1-n1c(=O)cc(N)c2ccc(C(F)(F)F)cc21. The largest absolute Gasteiger partial charge is 0.416 e. The Bertz CT molecular complexity index is 1050. The minimum Gasteiger partial charge on any atom is -0.398 e. The minimum atomic E-state index is -4.54. The maximum Gasteiger partial charge on any atom is 0.416 e. The highest BCUT2D eigenvalue weighted by Crippen LogP contribution is 2.33. The van der Waals surface area contributed by atoms with E-state index in [2.05, 4.69) is 0 Å². The molecule has 0 aliphatic heterocycles. The summed E-state index contributed by atoms with van der Waals surface area (Å²) in [7, 11) is 0. The molecule has 2 aromatic carbocycles. The lowest BCUT2D eigenvalue weighted by Crippen LogP contribution is -2.20. The molecule has 1 atom stereocenters. The standard InChI is InChI=1S/C19H17F3N2O2/c1-10-7-12(11(2)25)3-6-16(10)24-17-8-13(19(20,21)22)4-5-14(17)15(23)9-18(24)26/h3-9,11,25H,23H2,1-2H3. The van der Waals surface area contributed by atoms with Gasteiger partial charge in [0.25, 0.3) is 5.56 Å². The van der Waals surface area contributed by atoms with Gasteiger partial charge in [-0.1, -0.05) is 18.2 Å². The summed E-state index contributed by atoms with van der Waals surface area (Å²) in [5.74, 6) is 0. The number of nitrogens with zero attached hydrogens (tertiary/aromatic N) is 1. The highest BCUT2D eigenvalue weighted by Gasteiger charge is 2.31. The van der Waals surface area contributed by atoms with Gasteiger partial charge in [0.05, 0.1) is 22.9 Å². The maximum atomic E-state index is 13.1. The van der Waals surface area contributed by atoms with Crippen molar-refractivity contribution in [3.63, 3.8) is 0 Å². The van der Waals surface area contributed by atoms with Crippen molar-refractivity contribution in [3.05, 3.63) is 69.5 Å². The van der Waals surface area contributed by atoms with Crippen LogP contribution in [-0.4, -0.2) is 9.67 Å². The van der Waals surface area contributed by atoms with Crippen molar-refractivity contribution in [3.8, 4) is 5.69 Å². The molecule has 136 valence electrons.